The first-order valence-corrected chi connectivity index (χ1v) is 2.44. The van der Waals surface area contributed by atoms with Crippen molar-refractivity contribution < 1.29 is 118 Å². The average Bonchev–Trinajstić information content (AvgIpc) is 1.82. The molecule has 0 rings (SSSR count). The topological polar surface area (TPSA) is 167 Å². The molecule has 0 aliphatic heterocycles. The molecule has 0 radical (unpaired) electrons. The molecule has 0 bridgehead atoms. The van der Waals surface area contributed by atoms with Crippen LogP contribution in [0, 0.1) is 30.3 Å². The molecule has 0 aromatic heterocycles. The van der Waals surface area contributed by atoms with E-state index < -0.39 is 26.5 Å². The van der Waals surface area contributed by atoms with Crippen LogP contribution in [-0.2, 0) is 4.79 Å². The van der Waals surface area contributed by atoms with E-state index in [-0.39, 0.29) is 93.0 Å². The number of nitrogens with zero attached hydrogens (tertiary/aromatic N) is 3. The van der Waals surface area contributed by atoms with Crippen molar-refractivity contribution in [1.82, 2.24) is 0 Å². The molecular weight excluding hydrogens is 263 g/mol. The number of hydrogen-bond donors (Lipinski definition) is 1. The van der Waals surface area contributed by atoms with Gasteiger partial charge in [0.15, 0.2) is 14.8 Å². The molecule has 0 heterocycles. The van der Waals surface area contributed by atoms with Gasteiger partial charge < -0.3 is 9.39 Å². The number of nitro groups is 3. The Balaban J connectivity index is -0.0000000480. The van der Waals surface area contributed by atoms with Crippen LogP contribution < -0.4 is 88.7 Å². The second-order valence-electron chi connectivity index (χ2n) is 1.71. The molecule has 1 N–H and O–H groups in total. The number of carbonyl (C=O) groups is 1. The van der Waals surface area contributed by atoms with Crippen molar-refractivity contribution in [1.29, 1.82) is 0 Å². The van der Waals surface area contributed by atoms with Crippen LogP contribution in [0.4, 0.5) is 0 Å². The summed E-state index contributed by atoms with van der Waals surface area (Å²) in [5, 5.41) is 37.7. The number of carboxylic acid groups (broad SMARTS) is 1. The van der Waals surface area contributed by atoms with Crippen LogP contribution in [0.15, 0.2) is 0 Å². The Bertz CT molecular complexity index is 255. The second kappa shape index (κ2) is 9.67. The summed E-state index contributed by atoms with van der Waals surface area (Å²) in [4.78, 5) is 33.4. The summed E-state index contributed by atoms with van der Waals surface area (Å²) in [6, 6.07) is 0. The zero-order valence-corrected chi connectivity index (χ0v) is 14.6. The van der Waals surface area contributed by atoms with Gasteiger partial charge in [0.05, 0.1) is 0 Å². The third-order valence-electron chi connectivity index (χ3n) is 1.05. The van der Waals surface area contributed by atoms with E-state index in [1.807, 2.05) is 0 Å². The molecule has 0 amide bonds. The van der Waals surface area contributed by atoms with Crippen molar-refractivity contribution in [3.05, 3.63) is 30.3 Å². The normalized spacial score (nSPS) is 8.50. The molecule has 78 valence electrons. The van der Waals surface area contributed by atoms with E-state index in [1.165, 1.54) is 0 Å². The van der Waals surface area contributed by atoms with Crippen molar-refractivity contribution in [2.75, 3.05) is 0 Å². The molecule has 0 saturated heterocycles. The minimum atomic E-state index is -4.42. The van der Waals surface area contributed by atoms with Crippen LogP contribution in [0.5, 0.6) is 0 Å². The van der Waals surface area contributed by atoms with Crippen LogP contribution >= 0.6 is 0 Å². The van der Waals surface area contributed by atoms with E-state index in [1.54, 1.807) is 0 Å². The number of aliphatic carboxylic acids is 1. The zero-order chi connectivity index (χ0) is 10.8. The quantitative estimate of drug-likeness (QED) is 0.226. The number of carboxylic acids is 1. The molecular formula is C2H4N3Na3O8. The van der Waals surface area contributed by atoms with Crippen molar-refractivity contribution in [2.45, 2.75) is 5.79 Å². The first-order valence-electron chi connectivity index (χ1n) is 2.44. The van der Waals surface area contributed by atoms with Crippen LogP contribution in [0.2, 0.25) is 0 Å². The average molecular weight is 267 g/mol. The van der Waals surface area contributed by atoms with Crippen molar-refractivity contribution in [3.8, 4) is 0 Å². The van der Waals surface area contributed by atoms with Gasteiger partial charge in [0.25, 0.3) is 0 Å². The molecule has 0 saturated carbocycles. The SMILES string of the molecule is O=C(O)C([N+](=O)[O-])([N+](=O)[O-])[N+](=O)[O-].[H-].[H-].[H-].[Na+].[Na+].[Na+]. The smallest absolute Gasteiger partial charge is 1.00 e. The number of hydrogen-bond acceptors (Lipinski definition) is 7. The van der Waals surface area contributed by atoms with Crippen LogP contribution in [-0.4, -0.2) is 31.6 Å². The van der Waals surface area contributed by atoms with Gasteiger partial charge in [-0.25, -0.2) is 4.79 Å². The van der Waals surface area contributed by atoms with E-state index in [4.69, 9.17) is 5.11 Å². The fraction of sp³-hybridized carbons (Fsp3) is 0.500. The first kappa shape index (κ1) is 25.5. The maximum Gasteiger partial charge on any atom is 1.00 e. The molecule has 0 aromatic rings. The first-order chi connectivity index (χ1) is 5.77. The number of rotatable bonds is 4. The van der Waals surface area contributed by atoms with Gasteiger partial charge in [-0.3, -0.25) is 30.3 Å². The summed E-state index contributed by atoms with van der Waals surface area (Å²) in [5.74, 6) is -7.17. The van der Waals surface area contributed by atoms with Gasteiger partial charge in [0, 0.05) is 0 Å². The van der Waals surface area contributed by atoms with Crippen molar-refractivity contribution in [2.24, 2.45) is 0 Å². The van der Waals surface area contributed by atoms with Crippen LogP contribution in [0.1, 0.15) is 4.28 Å². The summed E-state index contributed by atoms with van der Waals surface area (Å²) in [7, 11) is 0. The van der Waals surface area contributed by atoms with E-state index >= 15 is 0 Å². The Morgan fingerprint density at radius 1 is 0.938 bits per heavy atom. The fourth-order valence-electron chi connectivity index (χ4n) is 0.434. The molecule has 14 heteroatoms. The van der Waals surface area contributed by atoms with Gasteiger partial charge in [-0.15, -0.1) is 0 Å². The van der Waals surface area contributed by atoms with Gasteiger partial charge >= 0.3 is 100 Å². The monoisotopic (exact) mass is 267 g/mol. The van der Waals surface area contributed by atoms with Gasteiger partial charge in [-0.2, -0.15) is 0 Å². The molecule has 0 fully saturated rings. The van der Waals surface area contributed by atoms with Gasteiger partial charge in [-0.05, 0) is 0 Å². The third kappa shape index (κ3) is 4.50. The molecule has 0 aliphatic carbocycles. The summed E-state index contributed by atoms with van der Waals surface area (Å²) in [6.45, 7) is 0. The van der Waals surface area contributed by atoms with Crippen molar-refractivity contribution in [3.63, 3.8) is 0 Å². The molecule has 0 aromatic carbocycles. The Hall–Kier alpha value is 0.670. The molecule has 0 aliphatic rings. The standard InChI is InChI=1S/C2HN3O8.3Na.3H/c6-1(7)2(3(8)9,4(10)11)5(12)13;;;;;;/h(H,6,7);;;;;;/q;3*+1;3*-1. The van der Waals surface area contributed by atoms with E-state index in [0.717, 1.165) is 0 Å². The fourth-order valence-corrected chi connectivity index (χ4v) is 0.434. The molecule has 16 heavy (non-hydrogen) atoms. The summed E-state index contributed by atoms with van der Waals surface area (Å²) < 4.78 is 0. The minimum absolute atomic E-state index is 0. The Morgan fingerprint density at radius 3 is 1.12 bits per heavy atom. The van der Waals surface area contributed by atoms with Gasteiger partial charge in [-0.1, -0.05) is 0 Å². The maximum absolute atomic E-state index is 10.0. The van der Waals surface area contributed by atoms with Crippen LogP contribution in [0.3, 0.4) is 0 Å². The largest absolute Gasteiger partial charge is 1.00 e. The zero-order valence-electron chi connectivity index (χ0n) is 11.6. The minimum Gasteiger partial charge on any atom is -1.00 e. The molecule has 0 atom stereocenters. The molecule has 0 unspecified atom stereocenters. The third-order valence-corrected chi connectivity index (χ3v) is 1.05. The predicted octanol–water partition coefficient (Wildman–Crippen LogP) is -10.1. The van der Waals surface area contributed by atoms with E-state index in [0.29, 0.717) is 0 Å². The van der Waals surface area contributed by atoms with Gasteiger partial charge in [0.1, 0.15) is 0 Å². The van der Waals surface area contributed by atoms with Crippen LogP contribution in [0.25, 0.3) is 0 Å². The summed E-state index contributed by atoms with van der Waals surface area (Å²) in [5.41, 5.74) is 0. The summed E-state index contributed by atoms with van der Waals surface area (Å²) in [6.07, 6.45) is 0. The second-order valence-corrected chi connectivity index (χ2v) is 1.71. The van der Waals surface area contributed by atoms with E-state index in [9.17, 15) is 35.1 Å². The molecule has 0 spiro atoms. The van der Waals surface area contributed by atoms with E-state index in [2.05, 4.69) is 0 Å². The Morgan fingerprint density at radius 2 is 1.12 bits per heavy atom. The Kier molecular flexibility index (Phi) is 15.4. The maximum atomic E-state index is 10.0. The van der Waals surface area contributed by atoms with Gasteiger partial charge in [0.2, 0.25) is 0 Å². The summed E-state index contributed by atoms with van der Waals surface area (Å²) >= 11 is 0. The predicted molar refractivity (Wildman–Crippen MR) is 34.7 cm³/mol. The molecule has 11 nitrogen and oxygen atoms in total. The van der Waals surface area contributed by atoms with Crippen molar-refractivity contribution >= 4 is 5.97 Å². The Labute approximate surface area is 158 Å².